The highest BCUT2D eigenvalue weighted by Gasteiger charge is 2.27. The summed E-state index contributed by atoms with van der Waals surface area (Å²) in [6.45, 7) is 6.55. The average Bonchev–Trinajstić information content (AvgIpc) is 2.49. The Bertz CT molecular complexity index is 466. The molecule has 0 aromatic heterocycles. The summed E-state index contributed by atoms with van der Waals surface area (Å²) >= 11 is 0. The van der Waals surface area contributed by atoms with Gasteiger partial charge in [-0.15, -0.1) is 0 Å². The van der Waals surface area contributed by atoms with E-state index < -0.39 is 5.97 Å². The van der Waals surface area contributed by atoms with Crippen LogP contribution in [-0.2, 0) is 9.68 Å². The van der Waals surface area contributed by atoms with Crippen molar-refractivity contribution in [2.45, 2.75) is 26.4 Å². The molecule has 1 saturated heterocycles. The molecular formula is C15H20FNO3. The van der Waals surface area contributed by atoms with Crippen molar-refractivity contribution in [1.82, 2.24) is 0 Å². The predicted octanol–water partition coefficient (Wildman–Crippen LogP) is 2.98. The van der Waals surface area contributed by atoms with E-state index >= 15 is 0 Å². The molecule has 1 fully saturated rings. The molecule has 1 aliphatic heterocycles. The van der Waals surface area contributed by atoms with E-state index in [0.717, 1.165) is 25.2 Å². The summed E-state index contributed by atoms with van der Waals surface area (Å²) in [5, 5.41) is 0. The Morgan fingerprint density at radius 1 is 1.50 bits per heavy atom. The summed E-state index contributed by atoms with van der Waals surface area (Å²) < 4.78 is 17.7. The van der Waals surface area contributed by atoms with Crippen molar-refractivity contribution in [2.75, 3.05) is 24.6 Å². The second-order valence-corrected chi connectivity index (χ2v) is 5.12. The third-order valence-corrected chi connectivity index (χ3v) is 3.79. The summed E-state index contributed by atoms with van der Waals surface area (Å²) in [5.74, 6) is -0.441. The summed E-state index contributed by atoms with van der Waals surface area (Å²) in [6, 6.07) is 6.84. The minimum atomic E-state index is -0.960. The summed E-state index contributed by atoms with van der Waals surface area (Å²) in [7, 11) is 0. The minimum Gasteiger partial charge on any atom is -0.376 e. The largest absolute Gasteiger partial charge is 0.379 e. The first kappa shape index (κ1) is 14.8. The van der Waals surface area contributed by atoms with Crippen LogP contribution in [0.15, 0.2) is 24.3 Å². The van der Waals surface area contributed by atoms with Crippen molar-refractivity contribution >= 4 is 11.7 Å². The molecule has 1 aromatic carbocycles. The van der Waals surface area contributed by atoms with Gasteiger partial charge in [-0.3, -0.25) is 0 Å². The lowest BCUT2D eigenvalue weighted by Gasteiger charge is -2.38. The molecule has 4 nitrogen and oxygen atoms in total. The van der Waals surface area contributed by atoms with Crippen molar-refractivity contribution in [3.63, 3.8) is 0 Å². The van der Waals surface area contributed by atoms with Gasteiger partial charge in [0, 0.05) is 29.9 Å². The van der Waals surface area contributed by atoms with Gasteiger partial charge >= 0.3 is 5.97 Å². The zero-order valence-electron chi connectivity index (χ0n) is 11.8. The van der Waals surface area contributed by atoms with E-state index in [4.69, 9.17) is 4.74 Å². The van der Waals surface area contributed by atoms with Gasteiger partial charge in [-0.1, -0.05) is 13.0 Å². The Morgan fingerprint density at radius 2 is 2.30 bits per heavy atom. The molecule has 1 aromatic rings. The fourth-order valence-electron chi connectivity index (χ4n) is 2.57. The quantitative estimate of drug-likeness (QED) is 0.850. The van der Waals surface area contributed by atoms with Gasteiger partial charge in [0.25, 0.3) is 0 Å². The van der Waals surface area contributed by atoms with E-state index in [9.17, 15) is 9.32 Å². The van der Waals surface area contributed by atoms with Crippen LogP contribution in [-0.4, -0.2) is 31.8 Å². The Kier molecular flexibility index (Phi) is 4.95. The van der Waals surface area contributed by atoms with Crippen LogP contribution >= 0.6 is 0 Å². The molecular weight excluding hydrogens is 261 g/mol. The molecule has 0 saturated carbocycles. The van der Waals surface area contributed by atoms with Crippen molar-refractivity contribution in [3.8, 4) is 0 Å². The van der Waals surface area contributed by atoms with Crippen LogP contribution in [0.2, 0.25) is 0 Å². The lowest BCUT2D eigenvalue weighted by Crippen LogP contribution is -2.44. The Labute approximate surface area is 118 Å². The van der Waals surface area contributed by atoms with E-state index in [-0.39, 0.29) is 11.7 Å². The topological polar surface area (TPSA) is 38.8 Å². The molecule has 2 atom stereocenters. The van der Waals surface area contributed by atoms with Crippen LogP contribution in [0.4, 0.5) is 10.2 Å². The number of hydrogen-bond donors (Lipinski definition) is 0. The summed E-state index contributed by atoms with van der Waals surface area (Å²) in [6.07, 6.45) is 1.22. The van der Waals surface area contributed by atoms with Gasteiger partial charge in [-0.25, -0.2) is 9.74 Å². The Hall–Kier alpha value is -1.62. The van der Waals surface area contributed by atoms with E-state index in [1.807, 2.05) is 13.0 Å². The Balaban J connectivity index is 2.13. The van der Waals surface area contributed by atoms with Crippen LogP contribution < -0.4 is 4.90 Å². The van der Waals surface area contributed by atoms with Gasteiger partial charge in [0.2, 0.25) is 0 Å². The van der Waals surface area contributed by atoms with Crippen molar-refractivity contribution in [2.24, 2.45) is 5.92 Å². The highest BCUT2D eigenvalue weighted by Crippen LogP contribution is 2.26. The maximum atomic E-state index is 12.0. The molecule has 0 aliphatic carbocycles. The van der Waals surface area contributed by atoms with Gasteiger partial charge in [0.1, 0.15) is 0 Å². The Morgan fingerprint density at radius 3 is 3.00 bits per heavy atom. The van der Waals surface area contributed by atoms with Gasteiger partial charge in [-0.2, -0.15) is 0 Å². The SMILES string of the molecule is CCO[C@H]1CN(c2cccc(C(=O)OF)c2)CC[C@H]1C. The number of ether oxygens (including phenoxy) is 1. The standard InChI is InChI=1S/C15H20FNO3/c1-3-19-14-10-17(8-7-11(14)2)13-6-4-5-12(9-13)15(18)20-16/h4-6,9,11,14H,3,7-8,10H2,1-2H3/t11-,14+/m1/s1. The molecule has 1 aliphatic rings. The average molecular weight is 281 g/mol. The molecule has 0 bridgehead atoms. The lowest BCUT2D eigenvalue weighted by atomic mass is 9.95. The van der Waals surface area contributed by atoms with Crippen molar-refractivity contribution in [1.29, 1.82) is 0 Å². The first-order valence-electron chi connectivity index (χ1n) is 6.95. The molecule has 110 valence electrons. The van der Waals surface area contributed by atoms with Crippen LogP contribution in [0.5, 0.6) is 0 Å². The smallest absolute Gasteiger partial charge is 0.376 e. The van der Waals surface area contributed by atoms with E-state index in [1.165, 1.54) is 6.07 Å². The molecule has 0 N–H and O–H groups in total. The summed E-state index contributed by atoms with van der Waals surface area (Å²) in [4.78, 5) is 16.7. The first-order valence-corrected chi connectivity index (χ1v) is 6.95. The molecule has 1 heterocycles. The minimum absolute atomic E-state index is 0.186. The number of carbonyl (C=O) groups is 1. The third-order valence-electron chi connectivity index (χ3n) is 3.79. The highest BCUT2D eigenvalue weighted by atomic mass is 19.3. The normalized spacial score (nSPS) is 22.6. The number of carbonyl (C=O) groups excluding carboxylic acids is 1. The molecule has 2 rings (SSSR count). The van der Waals surface area contributed by atoms with Crippen molar-refractivity contribution < 1.29 is 19.0 Å². The van der Waals surface area contributed by atoms with Crippen LogP contribution in [0.3, 0.4) is 0 Å². The van der Waals surface area contributed by atoms with Gasteiger partial charge in [-0.05, 0) is 37.5 Å². The predicted molar refractivity (Wildman–Crippen MR) is 74.4 cm³/mol. The van der Waals surface area contributed by atoms with E-state index in [2.05, 4.69) is 16.8 Å². The first-order chi connectivity index (χ1) is 9.65. The number of benzene rings is 1. The molecule has 5 heteroatoms. The van der Waals surface area contributed by atoms with E-state index in [1.54, 1.807) is 12.1 Å². The number of halogens is 1. The zero-order chi connectivity index (χ0) is 14.5. The van der Waals surface area contributed by atoms with Gasteiger partial charge < -0.3 is 9.64 Å². The molecule has 0 amide bonds. The van der Waals surface area contributed by atoms with Crippen molar-refractivity contribution in [3.05, 3.63) is 29.8 Å². The maximum Gasteiger partial charge on any atom is 0.379 e. The second kappa shape index (κ2) is 6.70. The van der Waals surface area contributed by atoms with Crippen LogP contribution in [0, 0.1) is 5.92 Å². The second-order valence-electron chi connectivity index (χ2n) is 5.12. The molecule has 20 heavy (non-hydrogen) atoms. The number of hydrogen-bond acceptors (Lipinski definition) is 4. The third kappa shape index (κ3) is 3.28. The fraction of sp³-hybridized carbons (Fsp3) is 0.533. The van der Waals surface area contributed by atoms with Crippen LogP contribution in [0.25, 0.3) is 0 Å². The molecule has 0 unspecified atom stereocenters. The maximum absolute atomic E-state index is 12.0. The molecule has 0 spiro atoms. The van der Waals surface area contributed by atoms with Crippen LogP contribution in [0.1, 0.15) is 30.6 Å². The van der Waals surface area contributed by atoms with Gasteiger partial charge in [0.15, 0.2) is 0 Å². The number of anilines is 1. The number of nitrogens with zero attached hydrogens (tertiary/aromatic N) is 1. The monoisotopic (exact) mass is 281 g/mol. The lowest BCUT2D eigenvalue weighted by molar-refractivity contribution is -0.0787. The zero-order valence-corrected chi connectivity index (χ0v) is 11.8. The van der Waals surface area contributed by atoms with E-state index in [0.29, 0.717) is 12.5 Å². The van der Waals surface area contributed by atoms with Gasteiger partial charge in [0.05, 0.1) is 11.7 Å². The number of piperidine rings is 1. The molecule has 0 radical (unpaired) electrons. The highest BCUT2D eigenvalue weighted by molar-refractivity contribution is 5.90. The fourth-order valence-corrected chi connectivity index (χ4v) is 2.57. The number of rotatable bonds is 4. The summed E-state index contributed by atoms with van der Waals surface area (Å²) in [5.41, 5.74) is 1.11.